The molecule has 0 aliphatic carbocycles. The van der Waals surface area contributed by atoms with Crippen molar-refractivity contribution in [3.05, 3.63) is 17.0 Å². The number of rotatable bonds is 6. The Hall–Kier alpha value is -2.06. The molecule has 1 aromatic rings. The number of aryl methyl sites for hydroxylation is 1. The van der Waals surface area contributed by atoms with E-state index in [4.69, 9.17) is 5.11 Å². The number of halogens is 3. The van der Waals surface area contributed by atoms with Crippen molar-refractivity contribution in [3.63, 3.8) is 0 Å². The van der Waals surface area contributed by atoms with E-state index in [1.54, 1.807) is 6.92 Å². The van der Waals surface area contributed by atoms with Gasteiger partial charge in [-0.25, -0.2) is 4.79 Å². The molecule has 130 valence electrons. The third-order valence-electron chi connectivity index (χ3n) is 3.62. The van der Waals surface area contributed by atoms with E-state index in [0.717, 1.165) is 4.68 Å². The highest BCUT2D eigenvalue weighted by atomic mass is 19.4. The van der Waals surface area contributed by atoms with Crippen LogP contribution in [0.25, 0.3) is 0 Å². The van der Waals surface area contributed by atoms with E-state index in [9.17, 15) is 22.8 Å². The van der Waals surface area contributed by atoms with E-state index in [-0.39, 0.29) is 12.1 Å². The number of nitrogens with one attached hydrogen (secondary N) is 1. The van der Waals surface area contributed by atoms with Gasteiger partial charge in [0.2, 0.25) is 5.91 Å². The first-order valence-corrected chi connectivity index (χ1v) is 7.11. The van der Waals surface area contributed by atoms with Crippen LogP contribution in [-0.2, 0) is 16.1 Å². The van der Waals surface area contributed by atoms with Crippen molar-refractivity contribution in [1.82, 2.24) is 15.1 Å². The van der Waals surface area contributed by atoms with Crippen LogP contribution in [0.1, 0.15) is 43.1 Å². The second-order valence-electron chi connectivity index (χ2n) is 5.39. The fraction of sp³-hybridized carbons (Fsp3) is 0.643. The molecule has 0 saturated carbocycles. The lowest BCUT2D eigenvalue weighted by Crippen LogP contribution is -2.42. The molecule has 6 nitrogen and oxygen atoms in total. The number of carbonyl (C=O) groups excluding carboxylic acids is 1. The highest BCUT2D eigenvalue weighted by Gasteiger charge is 2.32. The van der Waals surface area contributed by atoms with E-state index in [1.165, 1.54) is 20.8 Å². The first-order valence-electron chi connectivity index (χ1n) is 7.11. The Labute approximate surface area is 131 Å². The molecule has 0 aliphatic rings. The lowest BCUT2D eigenvalue weighted by atomic mass is 9.97. The molecule has 2 atom stereocenters. The van der Waals surface area contributed by atoms with Crippen LogP contribution in [0, 0.1) is 13.8 Å². The maximum Gasteiger partial charge on any atom is 0.408 e. The maximum absolute atomic E-state index is 12.5. The van der Waals surface area contributed by atoms with E-state index in [1.807, 2.05) is 0 Å². The van der Waals surface area contributed by atoms with Crippen LogP contribution in [0.2, 0.25) is 0 Å². The molecule has 0 saturated heterocycles. The molecule has 1 aromatic heterocycles. The van der Waals surface area contributed by atoms with Gasteiger partial charge in [0.25, 0.3) is 0 Å². The molecule has 1 amide bonds. The van der Waals surface area contributed by atoms with Crippen molar-refractivity contribution >= 4 is 11.9 Å². The highest BCUT2D eigenvalue weighted by molar-refractivity contribution is 5.88. The topological polar surface area (TPSA) is 84.2 Å². The van der Waals surface area contributed by atoms with Gasteiger partial charge in [-0.3, -0.25) is 9.48 Å². The Morgan fingerprint density at radius 1 is 1.35 bits per heavy atom. The second kappa shape index (κ2) is 7.01. The zero-order valence-electron chi connectivity index (χ0n) is 13.4. The van der Waals surface area contributed by atoms with Crippen LogP contribution in [0.5, 0.6) is 0 Å². The molecule has 9 heteroatoms. The first-order chi connectivity index (χ1) is 10.5. The van der Waals surface area contributed by atoms with Crippen LogP contribution < -0.4 is 5.32 Å². The lowest BCUT2D eigenvalue weighted by molar-refractivity contribution is -0.143. The minimum Gasteiger partial charge on any atom is -0.480 e. The number of hydrogen-bond donors (Lipinski definition) is 2. The van der Waals surface area contributed by atoms with Gasteiger partial charge in [-0.2, -0.15) is 18.3 Å². The number of nitrogens with zero attached hydrogens (tertiary/aromatic N) is 2. The smallest absolute Gasteiger partial charge is 0.408 e. The molecule has 1 heterocycles. The summed E-state index contributed by atoms with van der Waals surface area (Å²) in [5.74, 6) is -2.52. The van der Waals surface area contributed by atoms with Gasteiger partial charge >= 0.3 is 12.1 Å². The molecule has 0 bridgehead atoms. The van der Waals surface area contributed by atoms with Gasteiger partial charge < -0.3 is 10.4 Å². The van der Waals surface area contributed by atoms with E-state index < -0.39 is 36.6 Å². The average Bonchev–Trinajstić information content (AvgIpc) is 2.67. The largest absolute Gasteiger partial charge is 0.480 e. The summed E-state index contributed by atoms with van der Waals surface area (Å²) in [6.07, 6.45) is -4.21. The van der Waals surface area contributed by atoms with Gasteiger partial charge in [0.05, 0.1) is 11.6 Å². The number of carboxylic acids is 1. The standard InChI is InChI=1S/C14H20F3N3O3/c1-5-10(13(22)23)18-12(21)7(2)11-8(3)19-20(9(11)4)6-14(15,16)17/h7,10H,5-6H2,1-4H3,(H,18,21)(H,22,23). The molecule has 0 fully saturated rings. The van der Waals surface area contributed by atoms with Gasteiger partial charge in [-0.1, -0.05) is 6.92 Å². The van der Waals surface area contributed by atoms with Crippen LogP contribution in [0.15, 0.2) is 0 Å². The predicted octanol–water partition coefficient (Wildman–Crippen LogP) is 2.15. The fourth-order valence-electron chi connectivity index (χ4n) is 2.43. The Balaban J connectivity index is 3.02. The van der Waals surface area contributed by atoms with Crippen LogP contribution in [-0.4, -0.2) is 39.0 Å². The number of aliphatic carboxylic acids is 1. The van der Waals surface area contributed by atoms with E-state index >= 15 is 0 Å². The Morgan fingerprint density at radius 2 is 1.91 bits per heavy atom. The van der Waals surface area contributed by atoms with Crippen molar-refractivity contribution in [2.75, 3.05) is 0 Å². The molecule has 2 unspecified atom stereocenters. The predicted molar refractivity (Wildman–Crippen MR) is 76.0 cm³/mol. The monoisotopic (exact) mass is 335 g/mol. The summed E-state index contributed by atoms with van der Waals surface area (Å²) in [4.78, 5) is 23.1. The quantitative estimate of drug-likeness (QED) is 0.834. The summed E-state index contributed by atoms with van der Waals surface area (Å²) in [5, 5.41) is 15.2. The molecule has 0 aromatic carbocycles. The minimum absolute atomic E-state index is 0.207. The van der Waals surface area contributed by atoms with Crippen LogP contribution in [0.4, 0.5) is 13.2 Å². The molecular weight excluding hydrogens is 315 g/mol. The zero-order chi connectivity index (χ0) is 17.9. The molecule has 1 rings (SSSR count). The second-order valence-corrected chi connectivity index (χ2v) is 5.39. The lowest BCUT2D eigenvalue weighted by Gasteiger charge is -2.17. The summed E-state index contributed by atoms with van der Waals surface area (Å²) < 4.78 is 38.4. The normalized spacial score (nSPS) is 14.4. The third-order valence-corrected chi connectivity index (χ3v) is 3.62. The summed E-state index contributed by atoms with van der Waals surface area (Å²) in [5.41, 5.74) is 0.940. The van der Waals surface area contributed by atoms with Gasteiger partial charge in [0.15, 0.2) is 0 Å². The van der Waals surface area contributed by atoms with Crippen molar-refractivity contribution in [2.24, 2.45) is 0 Å². The molecule has 23 heavy (non-hydrogen) atoms. The molecule has 0 aliphatic heterocycles. The third kappa shape index (κ3) is 4.70. The molecule has 2 N–H and O–H groups in total. The summed E-state index contributed by atoms with van der Waals surface area (Å²) >= 11 is 0. The summed E-state index contributed by atoms with van der Waals surface area (Å²) in [7, 11) is 0. The van der Waals surface area contributed by atoms with Crippen LogP contribution in [0.3, 0.4) is 0 Å². The first kappa shape index (κ1) is 19.0. The van der Waals surface area contributed by atoms with Crippen molar-refractivity contribution < 1.29 is 27.9 Å². The average molecular weight is 335 g/mol. The molecular formula is C14H20F3N3O3. The SMILES string of the molecule is CCC(NC(=O)C(C)c1c(C)nn(CC(F)(F)F)c1C)C(=O)O. The van der Waals surface area contributed by atoms with E-state index in [2.05, 4.69) is 10.4 Å². The number of hydrogen-bond acceptors (Lipinski definition) is 3. The van der Waals surface area contributed by atoms with Crippen LogP contribution >= 0.6 is 0 Å². The number of carboxylic acid groups (broad SMARTS) is 1. The minimum atomic E-state index is -4.41. The number of carbonyl (C=O) groups is 2. The van der Waals surface area contributed by atoms with Gasteiger partial charge in [0.1, 0.15) is 12.6 Å². The van der Waals surface area contributed by atoms with Crippen molar-refractivity contribution in [1.29, 1.82) is 0 Å². The fourth-order valence-corrected chi connectivity index (χ4v) is 2.43. The Morgan fingerprint density at radius 3 is 2.35 bits per heavy atom. The maximum atomic E-state index is 12.5. The van der Waals surface area contributed by atoms with Gasteiger partial charge in [-0.05, 0) is 27.2 Å². The van der Waals surface area contributed by atoms with Crippen molar-refractivity contribution in [2.45, 2.75) is 58.8 Å². The zero-order valence-corrected chi connectivity index (χ0v) is 13.4. The molecule has 0 radical (unpaired) electrons. The number of alkyl halides is 3. The van der Waals surface area contributed by atoms with Gasteiger partial charge in [0, 0.05) is 11.3 Å². The Bertz CT molecular complexity index is 596. The Kier molecular flexibility index (Phi) is 5.79. The highest BCUT2D eigenvalue weighted by Crippen LogP contribution is 2.26. The van der Waals surface area contributed by atoms with Crippen molar-refractivity contribution in [3.8, 4) is 0 Å². The summed E-state index contributed by atoms with van der Waals surface area (Å²) in [6.45, 7) is 4.87. The number of aromatic nitrogens is 2. The number of amides is 1. The summed E-state index contributed by atoms with van der Waals surface area (Å²) in [6, 6.07) is -1.03. The van der Waals surface area contributed by atoms with E-state index in [0.29, 0.717) is 11.3 Å². The molecule has 0 spiro atoms. The van der Waals surface area contributed by atoms with Gasteiger partial charge in [-0.15, -0.1) is 0 Å².